The summed E-state index contributed by atoms with van der Waals surface area (Å²) >= 11 is 0. The third kappa shape index (κ3) is 4.21. The fourth-order valence-electron chi connectivity index (χ4n) is 0.689. The van der Waals surface area contributed by atoms with Crippen LogP contribution in [0.2, 0.25) is 0 Å². The van der Waals surface area contributed by atoms with E-state index in [1.807, 2.05) is 17.8 Å². The van der Waals surface area contributed by atoms with Crippen LogP contribution in [-0.4, -0.2) is 12.4 Å². The van der Waals surface area contributed by atoms with Crippen molar-refractivity contribution in [2.24, 2.45) is 7.05 Å². The second-order valence-electron chi connectivity index (χ2n) is 2.04. The van der Waals surface area contributed by atoms with Crippen LogP contribution >= 0.6 is 0 Å². The standard InChI is InChI=1S/C6H11N2.CBN/c1-3-8-5-4-7(2)6-8;2-1-3/h4-6H,3H2,1-2H3;/q+1;-1. The van der Waals surface area contributed by atoms with E-state index >= 15 is 0 Å². The third-order valence-corrected chi connectivity index (χ3v) is 1.19. The van der Waals surface area contributed by atoms with E-state index < -0.39 is 0 Å². The van der Waals surface area contributed by atoms with Crippen molar-refractivity contribution in [2.45, 2.75) is 13.5 Å². The summed E-state index contributed by atoms with van der Waals surface area (Å²) in [7, 11) is 6.17. The van der Waals surface area contributed by atoms with Gasteiger partial charge in [-0.3, -0.25) is 11.2 Å². The largest absolute Gasteiger partial charge is 0.466 e. The molecule has 57 valence electrons. The molecular weight excluding hydrogens is 137 g/mol. The molecule has 1 aromatic heterocycles. The van der Waals surface area contributed by atoms with Crippen LogP contribution in [-0.2, 0) is 13.6 Å². The highest BCUT2D eigenvalue weighted by molar-refractivity contribution is 6.20. The summed E-state index contributed by atoms with van der Waals surface area (Å²) in [5.74, 6) is 1.25. The quantitative estimate of drug-likeness (QED) is 0.406. The molecular formula is C7H11BN3. The molecule has 0 N–H and O–H groups in total. The first kappa shape index (κ1) is 9.76. The van der Waals surface area contributed by atoms with Gasteiger partial charge in [-0.15, -0.1) is 0 Å². The van der Waals surface area contributed by atoms with E-state index in [4.69, 9.17) is 5.26 Å². The minimum Gasteiger partial charge on any atom is -0.466 e. The molecule has 0 aromatic carbocycles. The Morgan fingerprint density at radius 1 is 1.73 bits per heavy atom. The van der Waals surface area contributed by atoms with Crippen molar-refractivity contribution in [3.63, 3.8) is 0 Å². The monoisotopic (exact) mass is 148 g/mol. The maximum atomic E-state index is 7.10. The first-order valence-electron chi connectivity index (χ1n) is 3.35. The zero-order chi connectivity index (χ0) is 8.69. The Hall–Kier alpha value is -1.24. The molecule has 0 saturated carbocycles. The average molecular weight is 148 g/mol. The molecule has 0 aliphatic carbocycles. The van der Waals surface area contributed by atoms with Crippen LogP contribution in [0.25, 0.3) is 0 Å². The predicted octanol–water partition coefficient (Wildman–Crippen LogP) is -0.0315. The van der Waals surface area contributed by atoms with Gasteiger partial charge in [0, 0.05) is 0 Å². The average Bonchev–Trinajstić information content (AvgIpc) is 2.37. The van der Waals surface area contributed by atoms with Gasteiger partial charge in [0.05, 0.1) is 13.6 Å². The smallest absolute Gasteiger partial charge is 0.243 e. The molecule has 0 saturated heterocycles. The van der Waals surface area contributed by atoms with Crippen LogP contribution in [0.1, 0.15) is 6.92 Å². The minimum atomic E-state index is 1.06. The molecule has 0 spiro atoms. The highest BCUT2D eigenvalue weighted by Gasteiger charge is 1.92. The van der Waals surface area contributed by atoms with Gasteiger partial charge in [0.1, 0.15) is 12.4 Å². The van der Waals surface area contributed by atoms with Gasteiger partial charge in [-0.05, 0) is 6.92 Å². The Morgan fingerprint density at radius 2 is 2.27 bits per heavy atom. The van der Waals surface area contributed by atoms with Crippen LogP contribution in [0.5, 0.6) is 0 Å². The third-order valence-electron chi connectivity index (χ3n) is 1.19. The molecule has 11 heavy (non-hydrogen) atoms. The normalized spacial score (nSPS) is 7.82. The molecule has 4 heteroatoms. The zero-order valence-corrected chi connectivity index (χ0v) is 6.86. The molecule has 0 aliphatic heterocycles. The lowest BCUT2D eigenvalue weighted by Crippen LogP contribution is -2.23. The van der Waals surface area contributed by atoms with Gasteiger partial charge in [-0.1, -0.05) is 0 Å². The van der Waals surface area contributed by atoms with Gasteiger partial charge < -0.3 is 7.85 Å². The van der Waals surface area contributed by atoms with E-state index in [0.717, 1.165) is 6.54 Å². The Bertz CT molecular complexity index is 236. The maximum Gasteiger partial charge on any atom is 0.243 e. The summed E-state index contributed by atoms with van der Waals surface area (Å²) < 4.78 is 4.16. The Kier molecular flexibility index (Phi) is 4.92. The molecule has 0 fully saturated rings. The predicted molar refractivity (Wildman–Crippen MR) is 42.6 cm³/mol. The summed E-state index contributed by atoms with van der Waals surface area (Å²) in [5.41, 5.74) is 0. The number of aromatic nitrogens is 2. The van der Waals surface area contributed by atoms with E-state index in [-0.39, 0.29) is 0 Å². The van der Waals surface area contributed by atoms with Crippen LogP contribution < -0.4 is 4.57 Å². The highest BCUT2D eigenvalue weighted by atomic mass is 15.1. The number of imidazole rings is 1. The summed E-state index contributed by atoms with van der Waals surface area (Å²) in [6, 6.07) is 0. The summed E-state index contributed by atoms with van der Waals surface area (Å²) in [6.45, 7) is 3.18. The second kappa shape index (κ2) is 5.54. The van der Waals surface area contributed by atoms with Crippen LogP contribution in [0.3, 0.4) is 0 Å². The van der Waals surface area contributed by atoms with Gasteiger partial charge >= 0.3 is 0 Å². The van der Waals surface area contributed by atoms with E-state index in [2.05, 4.69) is 31.9 Å². The molecule has 3 radical (unpaired) electrons. The number of aryl methyl sites for hydroxylation is 2. The first-order chi connectivity index (χ1) is 5.24. The molecule has 0 atom stereocenters. The first-order valence-corrected chi connectivity index (χ1v) is 3.35. The molecule has 0 amide bonds. The summed E-state index contributed by atoms with van der Waals surface area (Å²) in [4.78, 5) is 0. The number of nitriles is 1. The lowest BCUT2D eigenvalue weighted by Gasteiger charge is -1.81. The Balaban J connectivity index is 0.000000292. The lowest BCUT2D eigenvalue weighted by molar-refractivity contribution is -0.671. The number of rotatable bonds is 1. The van der Waals surface area contributed by atoms with Crippen molar-refractivity contribution in [3.05, 3.63) is 18.7 Å². The van der Waals surface area contributed by atoms with Gasteiger partial charge in [-0.25, -0.2) is 9.13 Å². The fourth-order valence-corrected chi connectivity index (χ4v) is 0.689. The highest BCUT2D eigenvalue weighted by Crippen LogP contribution is 1.79. The van der Waals surface area contributed by atoms with E-state index in [0.29, 0.717) is 0 Å². The zero-order valence-electron chi connectivity index (χ0n) is 6.86. The Labute approximate surface area is 68.3 Å². The van der Waals surface area contributed by atoms with Crippen LogP contribution in [0.4, 0.5) is 0 Å². The van der Waals surface area contributed by atoms with Gasteiger partial charge in [0.25, 0.3) is 0 Å². The van der Waals surface area contributed by atoms with Gasteiger partial charge in [0.15, 0.2) is 0 Å². The van der Waals surface area contributed by atoms with Crippen LogP contribution in [0.15, 0.2) is 18.7 Å². The molecule has 1 heterocycles. The lowest BCUT2D eigenvalue weighted by atomic mass is 10.2. The van der Waals surface area contributed by atoms with Gasteiger partial charge in [0.2, 0.25) is 6.33 Å². The van der Waals surface area contributed by atoms with E-state index in [1.54, 1.807) is 0 Å². The van der Waals surface area contributed by atoms with Crippen molar-refractivity contribution in [2.75, 3.05) is 0 Å². The summed E-state index contributed by atoms with van der Waals surface area (Å²) in [5, 5.41) is 7.10. The molecule has 0 aliphatic rings. The minimum absolute atomic E-state index is 1.06. The topological polar surface area (TPSA) is 32.6 Å². The molecule has 0 unspecified atom stereocenters. The number of nitrogens with zero attached hydrogens (tertiary/aromatic N) is 3. The molecule has 0 bridgehead atoms. The van der Waals surface area contributed by atoms with Crippen molar-refractivity contribution < 1.29 is 4.57 Å². The SMILES string of the molecule is CCn1cc[n+](C)c1.[B-]C#N. The molecule has 1 rings (SSSR count). The Morgan fingerprint density at radius 3 is 2.45 bits per heavy atom. The number of hydrogen-bond acceptors (Lipinski definition) is 1. The van der Waals surface area contributed by atoms with E-state index in [9.17, 15) is 0 Å². The number of hydrogen-bond donors (Lipinski definition) is 0. The fraction of sp³-hybridized carbons (Fsp3) is 0.429. The van der Waals surface area contributed by atoms with Gasteiger partial charge in [-0.2, -0.15) is 0 Å². The van der Waals surface area contributed by atoms with Crippen molar-refractivity contribution in [1.29, 1.82) is 5.26 Å². The summed E-state index contributed by atoms with van der Waals surface area (Å²) in [6.07, 6.45) is 6.14. The maximum absolute atomic E-state index is 7.10. The van der Waals surface area contributed by atoms with Crippen molar-refractivity contribution in [1.82, 2.24) is 4.57 Å². The second-order valence-corrected chi connectivity index (χ2v) is 2.04. The van der Waals surface area contributed by atoms with E-state index in [1.165, 1.54) is 5.97 Å². The molecule has 3 nitrogen and oxygen atoms in total. The van der Waals surface area contributed by atoms with Crippen molar-refractivity contribution in [3.8, 4) is 5.97 Å². The van der Waals surface area contributed by atoms with Crippen LogP contribution in [0, 0.1) is 11.2 Å². The van der Waals surface area contributed by atoms with Crippen molar-refractivity contribution >= 4 is 7.85 Å². The molecule has 1 aromatic rings.